The van der Waals surface area contributed by atoms with Crippen LogP contribution in [0.25, 0.3) is 10.9 Å². The standard InChI is InChI=1S/C14H15ClN4O4/c1-22-7-10-6-18(2-3-23-10)14-11-4-9(19(20)21)5-12(15)13(11)16-8-17-14/h4-5,8,10H,2-3,6-7H2,1H3/t10-/m0/s1. The lowest BCUT2D eigenvalue weighted by Crippen LogP contribution is -2.44. The largest absolute Gasteiger partial charge is 0.382 e. The normalized spacial score (nSPS) is 18.3. The van der Waals surface area contributed by atoms with Crippen molar-refractivity contribution in [3.63, 3.8) is 0 Å². The molecule has 1 atom stereocenters. The lowest BCUT2D eigenvalue weighted by Gasteiger charge is -2.33. The maximum absolute atomic E-state index is 11.1. The zero-order valence-corrected chi connectivity index (χ0v) is 13.2. The summed E-state index contributed by atoms with van der Waals surface area (Å²) in [7, 11) is 1.62. The van der Waals surface area contributed by atoms with Crippen molar-refractivity contribution in [1.82, 2.24) is 9.97 Å². The smallest absolute Gasteiger partial charge is 0.271 e. The van der Waals surface area contributed by atoms with Gasteiger partial charge in [0.05, 0.1) is 40.2 Å². The molecule has 23 heavy (non-hydrogen) atoms. The maximum atomic E-state index is 11.1. The molecule has 0 amide bonds. The van der Waals surface area contributed by atoms with E-state index in [1.54, 1.807) is 7.11 Å². The van der Waals surface area contributed by atoms with E-state index >= 15 is 0 Å². The Hall–Kier alpha value is -2.03. The molecule has 1 saturated heterocycles. The van der Waals surface area contributed by atoms with Crippen LogP contribution in [0.5, 0.6) is 0 Å². The van der Waals surface area contributed by atoms with Gasteiger partial charge < -0.3 is 14.4 Å². The molecule has 1 fully saturated rings. The first-order valence-corrected chi connectivity index (χ1v) is 7.42. The molecule has 2 aromatic rings. The molecule has 9 heteroatoms. The average molecular weight is 339 g/mol. The van der Waals surface area contributed by atoms with E-state index in [1.165, 1.54) is 18.5 Å². The van der Waals surface area contributed by atoms with E-state index in [2.05, 4.69) is 9.97 Å². The van der Waals surface area contributed by atoms with Gasteiger partial charge in [-0.3, -0.25) is 10.1 Å². The molecule has 3 rings (SSSR count). The van der Waals surface area contributed by atoms with Crippen LogP contribution >= 0.6 is 11.6 Å². The Kier molecular flexibility index (Phi) is 4.56. The van der Waals surface area contributed by atoms with Crippen LogP contribution in [0.15, 0.2) is 18.5 Å². The third-order valence-corrected chi connectivity index (χ3v) is 3.95. The number of halogens is 1. The van der Waals surface area contributed by atoms with Crippen LogP contribution in [0.4, 0.5) is 11.5 Å². The van der Waals surface area contributed by atoms with E-state index in [-0.39, 0.29) is 16.8 Å². The highest BCUT2D eigenvalue weighted by Gasteiger charge is 2.24. The molecule has 0 bridgehead atoms. The lowest BCUT2D eigenvalue weighted by molar-refractivity contribution is -0.384. The lowest BCUT2D eigenvalue weighted by atomic mass is 10.2. The Morgan fingerprint density at radius 2 is 2.35 bits per heavy atom. The first-order chi connectivity index (χ1) is 11.1. The quantitative estimate of drug-likeness (QED) is 0.622. The molecule has 0 N–H and O–H groups in total. The second-order valence-corrected chi connectivity index (χ2v) is 5.58. The van der Waals surface area contributed by atoms with Crippen molar-refractivity contribution in [2.45, 2.75) is 6.10 Å². The van der Waals surface area contributed by atoms with Crippen molar-refractivity contribution in [1.29, 1.82) is 0 Å². The number of non-ortho nitro benzene ring substituents is 1. The number of morpholine rings is 1. The zero-order chi connectivity index (χ0) is 16.4. The number of benzene rings is 1. The van der Waals surface area contributed by atoms with Crippen LogP contribution in [0.1, 0.15) is 0 Å². The predicted molar refractivity (Wildman–Crippen MR) is 85.0 cm³/mol. The van der Waals surface area contributed by atoms with E-state index in [1.807, 2.05) is 4.90 Å². The molecule has 2 heterocycles. The van der Waals surface area contributed by atoms with Crippen LogP contribution in [0.2, 0.25) is 5.02 Å². The van der Waals surface area contributed by atoms with Gasteiger partial charge in [-0.15, -0.1) is 0 Å². The summed E-state index contributed by atoms with van der Waals surface area (Å²) in [5, 5.41) is 11.9. The molecule has 1 aliphatic rings. The van der Waals surface area contributed by atoms with E-state index in [4.69, 9.17) is 21.1 Å². The topological polar surface area (TPSA) is 90.6 Å². The van der Waals surface area contributed by atoms with Gasteiger partial charge in [0.2, 0.25) is 0 Å². The second kappa shape index (κ2) is 6.61. The Balaban J connectivity index is 2.04. The van der Waals surface area contributed by atoms with Gasteiger partial charge in [-0.2, -0.15) is 0 Å². The molecule has 8 nitrogen and oxygen atoms in total. The van der Waals surface area contributed by atoms with Gasteiger partial charge in [0, 0.05) is 32.3 Å². The molecule has 0 spiro atoms. The van der Waals surface area contributed by atoms with E-state index in [9.17, 15) is 10.1 Å². The number of nitro groups is 1. The summed E-state index contributed by atoms with van der Waals surface area (Å²) in [6.07, 6.45) is 1.34. The van der Waals surface area contributed by atoms with Gasteiger partial charge in [-0.05, 0) is 0 Å². The fraction of sp³-hybridized carbons (Fsp3) is 0.429. The summed E-state index contributed by atoms with van der Waals surface area (Å²) in [4.78, 5) is 21.1. The minimum Gasteiger partial charge on any atom is -0.382 e. The fourth-order valence-corrected chi connectivity index (χ4v) is 2.92. The highest BCUT2D eigenvalue weighted by Crippen LogP contribution is 2.32. The Morgan fingerprint density at radius 3 is 3.09 bits per heavy atom. The van der Waals surface area contributed by atoms with Gasteiger partial charge in [-0.1, -0.05) is 11.6 Å². The second-order valence-electron chi connectivity index (χ2n) is 5.17. The SMILES string of the molecule is COC[C@@H]1CN(c2ncnc3c(Cl)cc([N+](=O)[O-])cc23)CCO1. The number of fused-ring (bicyclic) bond motifs is 1. The van der Waals surface area contributed by atoms with Crippen LogP contribution in [0, 0.1) is 10.1 Å². The monoisotopic (exact) mass is 338 g/mol. The van der Waals surface area contributed by atoms with Gasteiger partial charge in [0.25, 0.3) is 5.69 Å². The predicted octanol–water partition coefficient (Wildman–Crippen LogP) is 2.04. The van der Waals surface area contributed by atoms with Crippen molar-refractivity contribution in [2.75, 3.05) is 38.3 Å². The number of nitrogens with zero attached hydrogens (tertiary/aromatic N) is 4. The highest BCUT2D eigenvalue weighted by atomic mass is 35.5. The van der Waals surface area contributed by atoms with Crippen molar-refractivity contribution >= 4 is 34.0 Å². The number of aromatic nitrogens is 2. The third kappa shape index (κ3) is 3.19. The number of rotatable bonds is 4. The summed E-state index contributed by atoms with van der Waals surface area (Å²) in [6.45, 7) is 2.22. The Bertz CT molecular complexity index is 740. The minimum atomic E-state index is -0.477. The highest BCUT2D eigenvalue weighted by molar-refractivity contribution is 6.35. The average Bonchev–Trinajstić information content (AvgIpc) is 2.55. The molecule has 0 saturated carbocycles. The minimum absolute atomic E-state index is 0.0760. The Morgan fingerprint density at radius 1 is 1.52 bits per heavy atom. The van der Waals surface area contributed by atoms with Gasteiger partial charge in [0.1, 0.15) is 12.1 Å². The van der Waals surface area contributed by atoms with E-state index in [0.29, 0.717) is 43.0 Å². The molecule has 0 unspecified atom stereocenters. The third-order valence-electron chi connectivity index (χ3n) is 3.66. The first-order valence-electron chi connectivity index (χ1n) is 7.04. The summed E-state index contributed by atoms with van der Waals surface area (Å²) in [6, 6.07) is 2.76. The molecular formula is C14H15ClN4O4. The van der Waals surface area contributed by atoms with Crippen molar-refractivity contribution in [3.8, 4) is 0 Å². The first kappa shape index (κ1) is 15.9. The van der Waals surface area contributed by atoms with Crippen LogP contribution in [-0.4, -0.2) is 54.4 Å². The number of methoxy groups -OCH3 is 1. The van der Waals surface area contributed by atoms with Crippen molar-refractivity contribution < 1.29 is 14.4 Å². The molecule has 1 aromatic carbocycles. The number of ether oxygens (including phenoxy) is 2. The van der Waals surface area contributed by atoms with Crippen molar-refractivity contribution in [2.24, 2.45) is 0 Å². The molecule has 0 aliphatic carbocycles. The molecule has 1 aromatic heterocycles. The van der Waals surface area contributed by atoms with Gasteiger partial charge in [0.15, 0.2) is 0 Å². The van der Waals surface area contributed by atoms with E-state index < -0.39 is 4.92 Å². The molecule has 0 radical (unpaired) electrons. The number of hydrogen-bond acceptors (Lipinski definition) is 7. The van der Waals surface area contributed by atoms with Gasteiger partial charge >= 0.3 is 0 Å². The van der Waals surface area contributed by atoms with Gasteiger partial charge in [-0.25, -0.2) is 9.97 Å². The number of nitro benzene ring substituents is 1. The molecule has 1 aliphatic heterocycles. The van der Waals surface area contributed by atoms with E-state index in [0.717, 1.165) is 0 Å². The Labute approximate surface area is 137 Å². The number of anilines is 1. The summed E-state index contributed by atoms with van der Waals surface area (Å²) >= 11 is 6.14. The molecule has 122 valence electrons. The summed E-state index contributed by atoms with van der Waals surface area (Å²) < 4.78 is 10.8. The maximum Gasteiger partial charge on any atom is 0.271 e. The van der Waals surface area contributed by atoms with Crippen LogP contribution in [-0.2, 0) is 9.47 Å². The van der Waals surface area contributed by atoms with Crippen LogP contribution < -0.4 is 4.90 Å². The summed E-state index contributed by atoms with van der Waals surface area (Å²) in [5.41, 5.74) is 0.414. The summed E-state index contributed by atoms with van der Waals surface area (Å²) in [5.74, 6) is 0.616. The fourth-order valence-electron chi connectivity index (χ4n) is 2.65. The number of hydrogen-bond donors (Lipinski definition) is 0. The van der Waals surface area contributed by atoms with Crippen LogP contribution in [0.3, 0.4) is 0 Å². The zero-order valence-electron chi connectivity index (χ0n) is 12.4. The van der Waals surface area contributed by atoms with Crippen molar-refractivity contribution in [3.05, 3.63) is 33.6 Å². The molecular weight excluding hydrogens is 324 g/mol.